The first-order valence-corrected chi connectivity index (χ1v) is 11.9. The van der Waals surface area contributed by atoms with Crippen molar-refractivity contribution in [3.63, 3.8) is 0 Å². The molecule has 1 heterocycles. The molecule has 158 valence electrons. The van der Waals surface area contributed by atoms with Gasteiger partial charge in [-0.3, -0.25) is 4.79 Å². The molecule has 1 aromatic carbocycles. The van der Waals surface area contributed by atoms with Gasteiger partial charge in [0.2, 0.25) is 10.0 Å². The third kappa shape index (κ3) is 5.78. The number of carbonyl (C=O) groups is 1. The highest BCUT2D eigenvalue weighted by molar-refractivity contribution is 7.89. The number of hydrogen-bond donors (Lipinski definition) is 1. The van der Waals surface area contributed by atoms with Gasteiger partial charge in [0.1, 0.15) is 0 Å². The first-order chi connectivity index (χ1) is 13.4. The molecular weight excluding hydrogens is 376 g/mol. The number of sulfonamides is 1. The minimum atomic E-state index is -3.64. The maximum atomic E-state index is 13.1. The zero-order chi connectivity index (χ0) is 20.6. The van der Waals surface area contributed by atoms with Crippen LogP contribution in [0.15, 0.2) is 23.1 Å². The van der Waals surface area contributed by atoms with Crippen molar-refractivity contribution >= 4 is 15.9 Å². The molecule has 2 rings (SSSR count). The van der Waals surface area contributed by atoms with Gasteiger partial charge in [0.25, 0.3) is 5.91 Å². The Morgan fingerprint density at radius 2 is 1.93 bits per heavy atom. The summed E-state index contributed by atoms with van der Waals surface area (Å²) in [5, 5.41) is 2.99. The van der Waals surface area contributed by atoms with E-state index in [-0.39, 0.29) is 10.8 Å². The summed E-state index contributed by atoms with van der Waals surface area (Å²) in [6.45, 7) is 8.33. The number of carbonyl (C=O) groups excluding carboxylic acids is 1. The summed E-state index contributed by atoms with van der Waals surface area (Å²) in [7, 11) is -3.64. The Bertz CT molecular complexity index is 743. The van der Waals surface area contributed by atoms with Gasteiger partial charge in [-0.15, -0.1) is 0 Å². The molecule has 6 nitrogen and oxygen atoms in total. The van der Waals surface area contributed by atoms with Crippen LogP contribution in [0.4, 0.5) is 0 Å². The zero-order valence-corrected chi connectivity index (χ0v) is 18.2. The lowest BCUT2D eigenvalue weighted by Gasteiger charge is -2.27. The third-order valence-electron chi connectivity index (χ3n) is 5.39. The molecule has 0 aromatic heterocycles. The van der Waals surface area contributed by atoms with E-state index in [0.717, 1.165) is 31.2 Å². The quantitative estimate of drug-likeness (QED) is 0.643. The molecule has 28 heavy (non-hydrogen) atoms. The Morgan fingerprint density at radius 3 is 2.54 bits per heavy atom. The normalized spacial score (nSPS) is 16.7. The van der Waals surface area contributed by atoms with E-state index in [9.17, 15) is 13.2 Å². The Hall–Kier alpha value is -1.44. The van der Waals surface area contributed by atoms with E-state index in [1.54, 1.807) is 12.1 Å². The zero-order valence-electron chi connectivity index (χ0n) is 17.4. The van der Waals surface area contributed by atoms with Gasteiger partial charge in [-0.25, -0.2) is 8.42 Å². The monoisotopic (exact) mass is 410 g/mol. The molecule has 1 aromatic rings. The van der Waals surface area contributed by atoms with Crippen LogP contribution in [0.5, 0.6) is 0 Å². The van der Waals surface area contributed by atoms with E-state index in [1.807, 2.05) is 6.92 Å². The van der Waals surface area contributed by atoms with Crippen LogP contribution in [0.3, 0.4) is 0 Å². The molecule has 1 aliphatic heterocycles. The smallest absolute Gasteiger partial charge is 0.251 e. The molecule has 0 bridgehead atoms. The number of amides is 1. The second-order valence-corrected chi connectivity index (χ2v) is 9.23. The number of benzene rings is 1. The van der Waals surface area contributed by atoms with Crippen molar-refractivity contribution in [2.24, 2.45) is 5.92 Å². The van der Waals surface area contributed by atoms with E-state index in [2.05, 4.69) is 19.2 Å². The van der Waals surface area contributed by atoms with Crippen molar-refractivity contribution in [1.82, 2.24) is 9.62 Å². The first kappa shape index (κ1) is 22.8. The molecule has 0 saturated carbocycles. The lowest BCUT2D eigenvalue weighted by atomic mass is 9.99. The Kier molecular flexibility index (Phi) is 8.92. The summed E-state index contributed by atoms with van der Waals surface area (Å²) in [4.78, 5) is 12.9. The summed E-state index contributed by atoms with van der Waals surface area (Å²) in [6.07, 6.45) is 5.01. The van der Waals surface area contributed by atoms with Crippen LogP contribution in [0.25, 0.3) is 0 Å². The molecule has 1 amide bonds. The molecule has 1 unspecified atom stereocenters. The van der Waals surface area contributed by atoms with E-state index < -0.39 is 10.0 Å². The number of nitrogens with one attached hydrogen (secondary N) is 1. The molecule has 1 fully saturated rings. The van der Waals surface area contributed by atoms with Gasteiger partial charge in [-0.1, -0.05) is 46.1 Å². The van der Waals surface area contributed by atoms with Crippen LogP contribution < -0.4 is 5.32 Å². The Labute approximate surface area is 169 Å². The van der Waals surface area contributed by atoms with Gasteiger partial charge in [-0.05, 0) is 36.5 Å². The van der Waals surface area contributed by atoms with Crippen molar-refractivity contribution in [2.45, 2.75) is 57.8 Å². The third-order valence-corrected chi connectivity index (χ3v) is 7.37. The van der Waals surface area contributed by atoms with E-state index in [0.29, 0.717) is 50.8 Å². The van der Waals surface area contributed by atoms with Crippen molar-refractivity contribution in [2.75, 3.05) is 32.8 Å². The fourth-order valence-corrected chi connectivity index (χ4v) is 5.16. The highest BCUT2D eigenvalue weighted by Crippen LogP contribution is 2.23. The predicted molar refractivity (Wildman–Crippen MR) is 111 cm³/mol. The summed E-state index contributed by atoms with van der Waals surface area (Å²) in [5.74, 6) is 0.242. The summed E-state index contributed by atoms with van der Waals surface area (Å²) in [5.41, 5.74) is 1.13. The van der Waals surface area contributed by atoms with Crippen molar-refractivity contribution in [3.8, 4) is 0 Å². The minimum Gasteiger partial charge on any atom is -0.379 e. The lowest BCUT2D eigenvalue weighted by molar-refractivity contribution is 0.0730. The molecule has 1 aliphatic rings. The largest absolute Gasteiger partial charge is 0.379 e. The second-order valence-electron chi connectivity index (χ2n) is 7.32. The Morgan fingerprint density at radius 1 is 1.21 bits per heavy atom. The van der Waals surface area contributed by atoms with Gasteiger partial charge in [0.15, 0.2) is 0 Å². The SMILES string of the molecule is CCCCC(CC)CNC(=O)c1ccc(CC)c(S(=O)(=O)N2CCOCC2)c1. The molecule has 7 heteroatoms. The van der Waals surface area contributed by atoms with Gasteiger partial charge in [-0.2, -0.15) is 4.31 Å². The molecule has 1 N–H and O–H groups in total. The van der Waals surface area contributed by atoms with E-state index >= 15 is 0 Å². The van der Waals surface area contributed by atoms with Gasteiger partial charge in [0.05, 0.1) is 18.1 Å². The molecular formula is C21H34N2O4S. The number of aryl methyl sites for hydroxylation is 1. The average molecular weight is 411 g/mol. The van der Waals surface area contributed by atoms with Gasteiger partial charge < -0.3 is 10.1 Å². The maximum absolute atomic E-state index is 13.1. The molecule has 1 saturated heterocycles. The topological polar surface area (TPSA) is 75.7 Å². The fourth-order valence-electron chi connectivity index (χ4n) is 3.44. The first-order valence-electron chi connectivity index (χ1n) is 10.4. The molecule has 0 spiro atoms. The van der Waals surface area contributed by atoms with Crippen LogP contribution in [0.1, 0.15) is 62.4 Å². The van der Waals surface area contributed by atoms with Crippen molar-refractivity contribution in [3.05, 3.63) is 29.3 Å². The summed E-state index contributed by atoms with van der Waals surface area (Å²) in [6, 6.07) is 5.02. The van der Waals surface area contributed by atoms with Crippen molar-refractivity contribution in [1.29, 1.82) is 0 Å². The number of morpholine rings is 1. The average Bonchev–Trinajstić information content (AvgIpc) is 2.73. The Balaban J connectivity index is 2.18. The highest BCUT2D eigenvalue weighted by atomic mass is 32.2. The molecule has 0 aliphatic carbocycles. The van der Waals surface area contributed by atoms with E-state index in [4.69, 9.17) is 4.74 Å². The number of ether oxygens (including phenoxy) is 1. The molecule has 1 atom stereocenters. The van der Waals surface area contributed by atoms with Crippen LogP contribution in [0.2, 0.25) is 0 Å². The van der Waals surface area contributed by atoms with Gasteiger partial charge in [0, 0.05) is 25.2 Å². The predicted octanol–water partition coefficient (Wildman–Crippen LogP) is 3.22. The number of unbranched alkanes of at least 4 members (excludes halogenated alkanes) is 1. The van der Waals surface area contributed by atoms with Crippen LogP contribution in [-0.4, -0.2) is 51.5 Å². The summed E-state index contributed by atoms with van der Waals surface area (Å²) >= 11 is 0. The number of nitrogens with zero attached hydrogens (tertiary/aromatic N) is 1. The number of hydrogen-bond acceptors (Lipinski definition) is 4. The summed E-state index contributed by atoms with van der Waals surface area (Å²) < 4.78 is 32.9. The maximum Gasteiger partial charge on any atom is 0.251 e. The fraction of sp³-hybridized carbons (Fsp3) is 0.667. The highest BCUT2D eigenvalue weighted by Gasteiger charge is 2.29. The van der Waals surface area contributed by atoms with Crippen LogP contribution >= 0.6 is 0 Å². The lowest BCUT2D eigenvalue weighted by Crippen LogP contribution is -2.41. The van der Waals surface area contributed by atoms with Gasteiger partial charge >= 0.3 is 0 Å². The standard InChI is InChI=1S/C21H34N2O4S/c1-4-7-8-17(5-2)16-22-21(24)19-10-9-18(6-3)20(15-19)28(25,26)23-11-13-27-14-12-23/h9-10,15,17H,4-8,11-14,16H2,1-3H3,(H,22,24). The second kappa shape index (κ2) is 10.9. The van der Waals surface area contributed by atoms with Crippen LogP contribution in [0, 0.1) is 5.92 Å². The van der Waals surface area contributed by atoms with Crippen molar-refractivity contribution < 1.29 is 17.9 Å². The number of rotatable bonds is 10. The van der Waals surface area contributed by atoms with E-state index in [1.165, 1.54) is 10.4 Å². The molecule has 0 radical (unpaired) electrons. The van der Waals surface area contributed by atoms with Crippen LogP contribution in [-0.2, 0) is 21.2 Å². The minimum absolute atomic E-state index is 0.212.